The van der Waals surface area contributed by atoms with Crippen molar-refractivity contribution in [2.24, 2.45) is 0 Å². The highest BCUT2D eigenvalue weighted by molar-refractivity contribution is 5.23. The van der Waals surface area contributed by atoms with Crippen LogP contribution in [0.2, 0.25) is 0 Å². The van der Waals surface area contributed by atoms with Crippen molar-refractivity contribution in [2.75, 3.05) is 0 Å². The summed E-state index contributed by atoms with van der Waals surface area (Å²) < 4.78 is 0. The van der Waals surface area contributed by atoms with Crippen LogP contribution in [0.5, 0.6) is 0 Å². The van der Waals surface area contributed by atoms with Crippen LogP contribution < -0.4 is 0 Å². The van der Waals surface area contributed by atoms with Gasteiger partial charge in [-0.2, -0.15) is 0 Å². The first-order valence-electron chi connectivity index (χ1n) is 5.09. The SMILES string of the molecule is Cc1cnc(Cc2ccccc2)c(C)n1. The van der Waals surface area contributed by atoms with Gasteiger partial charge in [-0.1, -0.05) is 30.3 Å². The number of aryl methyl sites for hydroxylation is 2. The van der Waals surface area contributed by atoms with Crippen molar-refractivity contribution in [3.63, 3.8) is 0 Å². The molecule has 76 valence electrons. The van der Waals surface area contributed by atoms with Crippen LogP contribution in [0.15, 0.2) is 36.5 Å². The average Bonchev–Trinajstić information content (AvgIpc) is 2.24. The molecule has 1 aromatic carbocycles. The molecule has 2 rings (SSSR count). The molecule has 2 aromatic rings. The van der Waals surface area contributed by atoms with Crippen molar-refractivity contribution in [3.05, 3.63) is 59.2 Å². The molecule has 0 aliphatic rings. The van der Waals surface area contributed by atoms with Crippen molar-refractivity contribution in [1.29, 1.82) is 0 Å². The van der Waals surface area contributed by atoms with E-state index < -0.39 is 0 Å². The molecule has 0 saturated heterocycles. The highest BCUT2D eigenvalue weighted by Gasteiger charge is 2.02. The maximum atomic E-state index is 4.41. The molecule has 0 bridgehead atoms. The third-order valence-electron chi connectivity index (χ3n) is 2.38. The summed E-state index contributed by atoms with van der Waals surface area (Å²) in [4.78, 5) is 8.82. The second kappa shape index (κ2) is 4.22. The minimum Gasteiger partial charge on any atom is -0.257 e. The molecule has 0 saturated carbocycles. The lowest BCUT2D eigenvalue weighted by molar-refractivity contribution is 0.954. The molecule has 1 heterocycles. The summed E-state index contributed by atoms with van der Waals surface area (Å²) in [7, 11) is 0. The molecule has 0 aliphatic heterocycles. The van der Waals surface area contributed by atoms with Crippen LogP contribution in [0.25, 0.3) is 0 Å². The lowest BCUT2D eigenvalue weighted by atomic mass is 10.1. The van der Waals surface area contributed by atoms with Gasteiger partial charge in [0, 0.05) is 12.6 Å². The highest BCUT2D eigenvalue weighted by Crippen LogP contribution is 2.09. The minimum atomic E-state index is 0.861. The minimum absolute atomic E-state index is 0.861. The average molecular weight is 198 g/mol. The lowest BCUT2D eigenvalue weighted by Gasteiger charge is -2.04. The fourth-order valence-corrected chi connectivity index (χ4v) is 1.59. The predicted molar refractivity (Wildman–Crippen MR) is 60.8 cm³/mol. The Balaban J connectivity index is 2.25. The summed E-state index contributed by atoms with van der Waals surface area (Å²) in [6, 6.07) is 10.3. The second-order valence-electron chi connectivity index (χ2n) is 3.71. The molecule has 15 heavy (non-hydrogen) atoms. The van der Waals surface area contributed by atoms with Gasteiger partial charge in [0.1, 0.15) is 0 Å². The number of rotatable bonds is 2. The summed E-state index contributed by atoms with van der Waals surface area (Å²) in [5.74, 6) is 0. The number of aromatic nitrogens is 2. The molecule has 0 amide bonds. The monoisotopic (exact) mass is 198 g/mol. The Morgan fingerprint density at radius 1 is 1.07 bits per heavy atom. The molecule has 0 N–H and O–H groups in total. The molecule has 1 aromatic heterocycles. The van der Waals surface area contributed by atoms with E-state index in [4.69, 9.17) is 0 Å². The van der Waals surface area contributed by atoms with Gasteiger partial charge in [0.15, 0.2) is 0 Å². The highest BCUT2D eigenvalue weighted by atomic mass is 14.8. The van der Waals surface area contributed by atoms with Crippen molar-refractivity contribution in [1.82, 2.24) is 9.97 Å². The van der Waals surface area contributed by atoms with Gasteiger partial charge < -0.3 is 0 Å². The fourth-order valence-electron chi connectivity index (χ4n) is 1.59. The second-order valence-corrected chi connectivity index (χ2v) is 3.71. The van der Waals surface area contributed by atoms with Gasteiger partial charge in [0.2, 0.25) is 0 Å². The first-order valence-corrected chi connectivity index (χ1v) is 5.09. The Bertz CT molecular complexity index is 449. The normalized spacial score (nSPS) is 10.3. The maximum Gasteiger partial charge on any atom is 0.0659 e. The molecule has 0 spiro atoms. The topological polar surface area (TPSA) is 25.8 Å². The van der Waals surface area contributed by atoms with Crippen LogP contribution in [-0.4, -0.2) is 9.97 Å². The third-order valence-corrected chi connectivity index (χ3v) is 2.38. The molecule has 0 unspecified atom stereocenters. The Morgan fingerprint density at radius 2 is 1.80 bits per heavy atom. The van der Waals surface area contributed by atoms with Gasteiger partial charge in [0.05, 0.1) is 17.1 Å². The Kier molecular flexibility index (Phi) is 2.77. The van der Waals surface area contributed by atoms with E-state index in [1.54, 1.807) is 0 Å². The van der Waals surface area contributed by atoms with E-state index in [0.717, 1.165) is 23.5 Å². The zero-order valence-electron chi connectivity index (χ0n) is 9.07. The van der Waals surface area contributed by atoms with Crippen LogP contribution in [0, 0.1) is 13.8 Å². The number of benzene rings is 1. The van der Waals surface area contributed by atoms with Crippen LogP contribution in [0.1, 0.15) is 22.6 Å². The van der Waals surface area contributed by atoms with Gasteiger partial charge in [0.25, 0.3) is 0 Å². The van der Waals surface area contributed by atoms with Crippen LogP contribution in [0.4, 0.5) is 0 Å². The van der Waals surface area contributed by atoms with Crippen LogP contribution in [-0.2, 0) is 6.42 Å². The lowest BCUT2D eigenvalue weighted by Crippen LogP contribution is -1.99. The van der Waals surface area contributed by atoms with E-state index in [-0.39, 0.29) is 0 Å². The standard InChI is InChI=1S/C13H14N2/c1-10-9-14-13(11(2)15-10)8-12-6-4-3-5-7-12/h3-7,9H,8H2,1-2H3. The first-order chi connectivity index (χ1) is 7.25. The van der Waals surface area contributed by atoms with Crippen molar-refractivity contribution in [3.8, 4) is 0 Å². The van der Waals surface area contributed by atoms with Gasteiger partial charge in [-0.25, -0.2) is 0 Å². The number of hydrogen-bond donors (Lipinski definition) is 0. The predicted octanol–water partition coefficient (Wildman–Crippen LogP) is 2.68. The molecule has 2 heteroatoms. The van der Waals surface area contributed by atoms with Crippen LogP contribution >= 0.6 is 0 Å². The summed E-state index contributed by atoms with van der Waals surface area (Å²) in [6.45, 7) is 3.98. The smallest absolute Gasteiger partial charge is 0.0659 e. The van der Waals surface area contributed by atoms with Crippen molar-refractivity contribution < 1.29 is 0 Å². The molecule has 0 aliphatic carbocycles. The molecule has 0 atom stereocenters. The Labute approximate surface area is 90.0 Å². The fraction of sp³-hybridized carbons (Fsp3) is 0.231. The molecule has 0 radical (unpaired) electrons. The molecule has 2 nitrogen and oxygen atoms in total. The van der Waals surface area contributed by atoms with Gasteiger partial charge in [-0.15, -0.1) is 0 Å². The van der Waals surface area contributed by atoms with Crippen LogP contribution in [0.3, 0.4) is 0 Å². The third kappa shape index (κ3) is 2.40. The van der Waals surface area contributed by atoms with Gasteiger partial charge >= 0.3 is 0 Å². The largest absolute Gasteiger partial charge is 0.257 e. The van der Waals surface area contributed by atoms with Crippen molar-refractivity contribution >= 4 is 0 Å². The van der Waals surface area contributed by atoms with Gasteiger partial charge in [-0.05, 0) is 19.4 Å². The van der Waals surface area contributed by atoms with E-state index in [9.17, 15) is 0 Å². The summed E-state index contributed by atoms with van der Waals surface area (Å²) in [6.07, 6.45) is 2.69. The number of nitrogens with zero attached hydrogens (tertiary/aromatic N) is 2. The van der Waals surface area contributed by atoms with E-state index >= 15 is 0 Å². The van der Waals surface area contributed by atoms with E-state index in [1.807, 2.05) is 38.2 Å². The van der Waals surface area contributed by atoms with Gasteiger partial charge in [-0.3, -0.25) is 9.97 Å². The Morgan fingerprint density at radius 3 is 2.47 bits per heavy atom. The zero-order valence-corrected chi connectivity index (χ0v) is 9.07. The number of hydrogen-bond acceptors (Lipinski definition) is 2. The molecule has 0 fully saturated rings. The molecular weight excluding hydrogens is 184 g/mol. The summed E-state index contributed by atoms with van der Waals surface area (Å²) >= 11 is 0. The summed E-state index contributed by atoms with van der Waals surface area (Å²) in [5.41, 5.74) is 4.34. The van der Waals surface area contributed by atoms with E-state index in [0.29, 0.717) is 0 Å². The van der Waals surface area contributed by atoms with E-state index in [1.165, 1.54) is 5.56 Å². The quantitative estimate of drug-likeness (QED) is 0.741. The molecular formula is C13H14N2. The zero-order chi connectivity index (χ0) is 10.7. The first kappa shape index (κ1) is 9.84. The Hall–Kier alpha value is -1.70. The van der Waals surface area contributed by atoms with E-state index in [2.05, 4.69) is 22.1 Å². The summed E-state index contributed by atoms with van der Waals surface area (Å²) in [5, 5.41) is 0. The van der Waals surface area contributed by atoms with Crippen molar-refractivity contribution in [2.45, 2.75) is 20.3 Å². The maximum absolute atomic E-state index is 4.41.